The fourth-order valence-electron chi connectivity index (χ4n) is 2.40. The summed E-state index contributed by atoms with van der Waals surface area (Å²) in [6.07, 6.45) is 4.83. The van der Waals surface area contributed by atoms with Crippen molar-refractivity contribution in [2.75, 3.05) is 5.32 Å². The van der Waals surface area contributed by atoms with E-state index in [9.17, 15) is 4.79 Å². The van der Waals surface area contributed by atoms with Crippen LogP contribution in [0.25, 0.3) is 6.08 Å². The highest BCUT2D eigenvalue weighted by atomic mass is 35.5. The van der Waals surface area contributed by atoms with E-state index < -0.39 is 0 Å². The van der Waals surface area contributed by atoms with Crippen molar-refractivity contribution in [1.82, 2.24) is 0 Å². The highest BCUT2D eigenvalue weighted by Crippen LogP contribution is 2.26. The summed E-state index contributed by atoms with van der Waals surface area (Å²) in [5.41, 5.74) is 3.80. The van der Waals surface area contributed by atoms with Gasteiger partial charge in [0.05, 0.1) is 0 Å². The number of nitrogens with one attached hydrogen (secondary N) is 1. The van der Waals surface area contributed by atoms with E-state index in [-0.39, 0.29) is 5.91 Å². The summed E-state index contributed by atoms with van der Waals surface area (Å²) < 4.78 is 0. The maximum Gasteiger partial charge on any atom is 0.248 e. The number of rotatable bonds is 5. The molecule has 2 aromatic carbocycles. The SMILES string of the molecule is CCc1cccc(CC)c1NC(=O)C=Cc1c(Cl)cccc1Cl. The molecule has 1 amide bonds. The zero-order valence-corrected chi connectivity index (χ0v) is 14.7. The molecule has 0 saturated carbocycles. The van der Waals surface area contributed by atoms with Crippen LogP contribution >= 0.6 is 23.2 Å². The monoisotopic (exact) mass is 347 g/mol. The van der Waals surface area contributed by atoms with Crippen molar-refractivity contribution < 1.29 is 4.79 Å². The minimum absolute atomic E-state index is 0.198. The number of anilines is 1. The van der Waals surface area contributed by atoms with Crippen LogP contribution in [-0.2, 0) is 17.6 Å². The van der Waals surface area contributed by atoms with Crippen molar-refractivity contribution in [3.8, 4) is 0 Å². The van der Waals surface area contributed by atoms with Gasteiger partial charge in [0.2, 0.25) is 5.91 Å². The molecule has 0 fully saturated rings. The van der Waals surface area contributed by atoms with E-state index in [0.717, 1.165) is 29.7 Å². The minimum atomic E-state index is -0.198. The number of benzene rings is 2. The van der Waals surface area contributed by atoms with Crippen LogP contribution in [0.15, 0.2) is 42.5 Å². The van der Waals surface area contributed by atoms with Crippen LogP contribution in [0.2, 0.25) is 10.0 Å². The topological polar surface area (TPSA) is 29.1 Å². The second-order valence-corrected chi connectivity index (χ2v) is 5.93. The molecule has 0 aliphatic heterocycles. The minimum Gasteiger partial charge on any atom is -0.322 e. The lowest BCUT2D eigenvalue weighted by molar-refractivity contribution is -0.111. The highest BCUT2D eigenvalue weighted by Gasteiger charge is 2.09. The lowest BCUT2D eigenvalue weighted by Crippen LogP contribution is -2.11. The van der Waals surface area contributed by atoms with Crippen molar-refractivity contribution in [1.29, 1.82) is 0 Å². The van der Waals surface area contributed by atoms with Crippen LogP contribution in [0.5, 0.6) is 0 Å². The molecule has 120 valence electrons. The quantitative estimate of drug-likeness (QED) is 0.683. The molecule has 0 aliphatic rings. The standard InChI is InChI=1S/C19H19Cl2NO/c1-3-13-7-5-8-14(4-2)19(13)22-18(23)12-11-15-16(20)9-6-10-17(15)21/h5-12H,3-4H2,1-2H3,(H,22,23). The van der Waals surface area contributed by atoms with Gasteiger partial charge in [-0.05, 0) is 42.2 Å². The maximum atomic E-state index is 12.3. The molecule has 0 aromatic heterocycles. The third kappa shape index (κ3) is 4.37. The van der Waals surface area contributed by atoms with Crippen molar-refractivity contribution >= 4 is 40.9 Å². The van der Waals surface area contributed by atoms with Crippen LogP contribution in [0.1, 0.15) is 30.5 Å². The third-order valence-electron chi connectivity index (χ3n) is 3.65. The normalized spacial score (nSPS) is 11.0. The molecular formula is C19H19Cl2NO. The van der Waals surface area contributed by atoms with Crippen molar-refractivity contribution in [3.05, 3.63) is 69.2 Å². The van der Waals surface area contributed by atoms with E-state index >= 15 is 0 Å². The summed E-state index contributed by atoms with van der Waals surface area (Å²) in [5, 5.41) is 4.01. The number of aryl methyl sites for hydroxylation is 2. The number of carbonyl (C=O) groups excluding carboxylic acids is 1. The van der Waals surface area contributed by atoms with Crippen molar-refractivity contribution in [3.63, 3.8) is 0 Å². The van der Waals surface area contributed by atoms with E-state index in [1.54, 1.807) is 24.3 Å². The number of carbonyl (C=O) groups is 1. The lowest BCUT2D eigenvalue weighted by Gasteiger charge is -2.13. The molecule has 0 unspecified atom stereocenters. The fraction of sp³-hybridized carbons (Fsp3) is 0.211. The van der Waals surface area contributed by atoms with Gasteiger partial charge in [-0.15, -0.1) is 0 Å². The number of hydrogen-bond acceptors (Lipinski definition) is 1. The molecule has 2 nitrogen and oxygen atoms in total. The van der Waals surface area contributed by atoms with Gasteiger partial charge in [-0.25, -0.2) is 0 Å². The number of para-hydroxylation sites is 1. The molecule has 0 aliphatic carbocycles. The fourth-order valence-corrected chi connectivity index (χ4v) is 2.92. The Labute approximate surface area is 147 Å². The first-order valence-electron chi connectivity index (χ1n) is 7.60. The first-order chi connectivity index (χ1) is 11.1. The molecular weight excluding hydrogens is 329 g/mol. The Morgan fingerprint density at radius 2 is 1.52 bits per heavy atom. The Morgan fingerprint density at radius 1 is 1.00 bits per heavy atom. The molecule has 0 spiro atoms. The highest BCUT2D eigenvalue weighted by molar-refractivity contribution is 6.37. The second kappa shape index (κ2) is 8.19. The summed E-state index contributed by atoms with van der Waals surface area (Å²) in [4.78, 5) is 12.3. The van der Waals surface area contributed by atoms with E-state index in [2.05, 4.69) is 19.2 Å². The Bertz CT molecular complexity index is 696. The Hall–Kier alpha value is -1.77. The van der Waals surface area contributed by atoms with Crippen LogP contribution in [0.3, 0.4) is 0 Å². The van der Waals surface area contributed by atoms with E-state index in [1.165, 1.54) is 6.08 Å². The predicted octanol–water partition coefficient (Wildman–Crippen LogP) is 5.77. The zero-order valence-electron chi connectivity index (χ0n) is 13.2. The van der Waals surface area contributed by atoms with E-state index in [0.29, 0.717) is 15.6 Å². The largest absolute Gasteiger partial charge is 0.322 e. The van der Waals surface area contributed by atoms with Crippen LogP contribution in [-0.4, -0.2) is 5.91 Å². The van der Waals surface area contributed by atoms with Gasteiger partial charge in [0, 0.05) is 27.4 Å². The third-order valence-corrected chi connectivity index (χ3v) is 4.31. The molecule has 0 bridgehead atoms. The Morgan fingerprint density at radius 3 is 2.04 bits per heavy atom. The lowest BCUT2D eigenvalue weighted by atomic mass is 10.0. The first kappa shape index (κ1) is 17.6. The molecule has 0 saturated heterocycles. The van der Waals surface area contributed by atoms with Gasteiger partial charge in [-0.2, -0.15) is 0 Å². The molecule has 1 N–H and O–H groups in total. The van der Waals surface area contributed by atoms with E-state index in [1.807, 2.05) is 18.2 Å². The van der Waals surface area contributed by atoms with Crippen LogP contribution in [0, 0.1) is 0 Å². The maximum absolute atomic E-state index is 12.3. The summed E-state index contributed by atoms with van der Waals surface area (Å²) in [5.74, 6) is -0.198. The summed E-state index contributed by atoms with van der Waals surface area (Å²) in [7, 11) is 0. The summed E-state index contributed by atoms with van der Waals surface area (Å²) in [6.45, 7) is 4.15. The molecule has 2 aromatic rings. The summed E-state index contributed by atoms with van der Waals surface area (Å²) in [6, 6.07) is 11.3. The van der Waals surface area contributed by atoms with Gasteiger partial charge in [0.15, 0.2) is 0 Å². The van der Waals surface area contributed by atoms with Gasteiger partial charge < -0.3 is 5.32 Å². The predicted molar refractivity (Wildman–Crippen MR) is 99.3 cm³/mol. The molecule has 4 heteroatoms. The van der Waals surface area contributed by atoms with Gasteiger partial charge in [-0.3, -0.25) is 4.79 Å². The van der Waals surface area contributed by atoms with Crippen LogP contribution < -0.4 is 5.32 Å². The molecule has 0 radical (unpaired) electrons. The molecule has 0 heterocycles. The van der Waals surface area contributed by atoms with Gasteiger partial charge in [0.1, 0.15) is 0 Å². The molecule has 2 rings (SSSR count). The summed E-state index contributed by atoms with van der Waals surface area (Å²) >= 11 is 12.2. The number of halogens is 2. The van der Waals surface area contributed by atoms with Gasteiger partial charge >= 0.3 is 0 Å². The van der Waals surface area contributed by atoms with E-state index in [4.69, 9.17) is 23.2 Å². The second-order valence-electron chi connectivity index (χ2n) is 5.12. The van der Waals surface area contributed by atoms with Crippen molar-refractivity contribution in [2.45, 2.75) is 26.7 Å². The number of amides is 1. The molecule has 23 heavy (non-hydrogen) atoms. The average molecular weight is 348 g/mol. The average Bonchev–Trinajstić information content (AvgIpc) is 2.54. The first-order valence-corrected chi connectivity index (χ1v) is 8.36. The number of hydrogen-bond donors (Lipinski definition) is 1. The van der Waals surface area contributed by atoms with Gasteiger partial charge in [0.25, 0.3) is 0 Å². The smallest absolute Gasteiger partial charge is 0.248 e. The zero-order chi connectivity index (χ0) is 16.8. The Balaban J connectivity index is 2.22. The van der Waals surface area contributed by atoms with Crippen LogP contribution in [0.4, 0.5) is 5.69 Å². The van der Waals surface area contributed by atoms with Crippen molar-refractivity contribution in [2.24, 2.45) is 0 Å². The Kier molecular flexibility index (Phi) is 6.26. The van der Waals surface area contributed by atoms with Gasteiger partial charge in [-0.1, -0.05) is 61.3 Å². The molecule has 0 atom stereocenters.